The van der Waals surface area contributed by atoms with E-state index in [4.69, 9.17) is 9.47 Å². The first-order valence-corrected chi connectivity index (χ1v) is 9.59. The summed E-state index contributed by atoms with van der Waals surface area (Å²) in [5.74, 6) is -0.765. The highest BCUT2D eigenvalue weighted by Gasteiger charge is 2.16. The van der Waals surface area contributed by atoms with Crippen LogP contribution in [0.25, 0.3) is 0 Å². The summed E-state index contributed by atoms with van der Waals surface area (Å²) in [6.45, 7) is -0.139. The van der Waals surface area contributed by atoms with Crippen LogP contribution in [0.3, 0.4) is 0 Å². The SMILES string of the molecule is COc1ccc(CNC(=O)COC(=O)c2ccccc2NC(=O)c2ccccc2)cc1. The Kier molecular flexibility index (Phi) is 7.37. The van der Waals surface area contributed by atoms with E-state index in [0.717, 1.165) is 11.3 Å². The average Bonchev–Trinajstić information content (AvgIpc) is 2.82. The van der Waals surface area contributed by atoms with Crippen LogP contribution in [0.1, 0.15) is 26.3 Å². The molecule has 0 heterocycles. The molecule has 0 radical (unpaired) electrons. The molecule has 31 heavy (non-hydrogen) atoms. The van der Waals surface area contributed by atoms with Crippen molar-refractivity contribution in [2.24, 2.45) is 0 Å². The quantitative estimate of drug-likeness (QED) is 0.547. The third kappa shape index (κ3) is 6.17. The lowest BCUT2D eigenvalue weighted by molar-refractivity contribution is -0.124. The molecule has 0 aliphatic carbocycles. The van der Waals surface area contributed by atoms with Gasteiger partial charge in [-0.1, -0.05) is 42.5 Å². The minimum Gasteiger partial charge on any atom is -0.497 e. The predicted octanol–water partition coefficient (Wildman–Crippen LogP) is 3.42. The smallest absolute Gasteiger partial charge is 0.340 e. The van der Waals surface area contributed by atoms with Gasteiger partial charge in [-0.25, -0.2) is 4.79 Å². The number of ether oxygens (including phenoxy) is 2. The molecule has 2 N–H and O–H groups in total. The van der Waals surface area contributed by atoms with Crippen molar-refractivity contribution in [3.63, 3.8) is 0 Å². The minimum absolute atomic E-state index is 0.162. The van der Waals surface area contributed by atoms with Gasteiger partial charge >= 0.3 is 5.97 Å². The molecule has 158 valence electrons. The van der Waals surface area contributed by atoms with E-state index in [1.807, 2.05) is 18.2 Å². The summed E-state index contributed by atoms with van der Waals surface area (Å²) in [7, 11) is 1.58. The van der Waals surface area contributed by atoms with E-state index in [1.54, 1.807) is 61.7 Å². The third-order valence-electron chi connectivity index (χ3n) is 4.41. The third-order valence-corrected chi connectivity index (χ3v) is 4.41. The van der Waals surface area contributed by atoms with Gasteiger partial charge in [-0.15, -0.1) is 0 Å². The van der Waals surface area contributed by atoms with Crippen LogP contribution in [0.4, 0.5) is 5.69 Å². The van der Waals surface area contributed by atoms with Crippen LogP contribution in [0, 0.1) is 0 Å². The molecule has 3 rings (SSSR count). The highest BCUT2D eigenvalue weighted by Crippen LogP contribution is 2.17. The second kappa shape index (κ2) is 10.6. The summed E-state index contributed by atoms with van der Waals surface area (Å²) in [4.78, 5) is 36.9. The maximum Gasteiger partial charge on any atom is 0.340 e. The van der Waals surface area contributed by atoms with E-state index < -0.39 is 18.5 Å². The Bertz CT molecular complexity index is 1050. The number of amides is 2. The molecule has 0 saturated heterocycles. The Balaban J connectivity index is 1.54. The van der Waals surface area contributed by atoms with Gasteiger partial charge in [-0.2, -0.15) is 0 Å². The van der Waals surface area contributed by atoms with Crippen molar-refractivity contribution >= 4 is 23.5 Å². The molecule has 0 aliphatic heterocycles. The largest absolute Gasteiger partial charge is 0.497 e. The second-order valence-corrected chi connectivity index (χ2v) is 6.57. The molecule has 0 atom stereocenters. The van der Waals surface area contributed by atoms with Crippen molar-refractivity contribution in [1.82, 2.24) is 5.32 Å². The fraction of sp³-hybridized carbons (Fsp3) is 0.125. The van der Waals surface area contributed by atoms with Gasteiger partial charge in [0.1, 0.15) is 5.75 Å². The molecular weight excluding hydrogens is 396 g/mol. The van der Waals surface area contributed by atoms with Crippen LogP contribution in [0.5, 0.6) is 5.75 Å². The van der Waals surface area contributed by atoms with E-state index in [9.17, 15) is 14.4 Å². The summed E-state index contributed by atoms with van der Waals surface area (Å²) in [5, 5.41) is 5.39. The van der Waals surface area contributed by atoms with Crippen LogP contribution >= 0.6 is 0 Å². The number of methoxy groups -OCH3 is 1. The number of esters is 1. The molecule has 2 amide bonds. The lowest BCUT2D eigenvalue weighted by Gasteiger charge is -2.11. The second-order valence-electron chi connectivity index (χ2n) is 6.57. The van der Waals surface area contributed by atoms with Crippen molar-refractivity contribution in [3.05, 3.63) is 95.6 Å². The first kappa shape index (κ1) is 21.6. The van der Waals surface area contributed by atoms with E-state index in [1.165, 1.54) is 6.07 Å². The van der Waals surface area contributed by atoms with Gasteiger partial charge in [0.25, 0.3) is 11.8 Å². The van der Waals surface area contributed by atoms with Crippen molar-refractivity contribution < 1.29 is 23.9 Å². The predicted molar refractivity (Wildman–Crippen MR) is 116 cm³/mol. The molecule has 0 saturated carbocycles. The van der Waals surface area contributed by atoms with Crippen molar-refractivity contribution in [2.75, 3.05) is 19.0 Å². The van der Waals surface area contributed by atoms with Gasteiger partial charge < -0.3 is 20.1 Å². The number of anilines is 1. The normalized spacial score (nSPS) is 10.1. The molecule has 0 aromatic heterocycles. The van der Waals surface area contributed by atoms with Crippen LogP contribution in [-0.2, 0) is 16.1 Å². The molecule has 0 aliphatic rings. The number of para-hydroxylation sites is 1. The molecule has 7 heteroatoms. The van der Waals surface area contributed by atoms with Gasteiger partial charge in [0.2, 0.25) is 0 Å². The first-order valence-electron chi connectivity index (χ1n) is 9.59. The molecule has 0 spiro atoms. The Morgan fingerprint density at radius 1 is 0.839 bits per heavy atom. The number of nitrogens with one attached hydrogen (secondary N) is 2. The van der Waals surface area contributed by atoms with E-state index in [-0.39, 0.29) is 11.5 Å². The standard InChI is InChI=1S/C24H22N2O5/c1-30-19-13-11-17(12-14-19)15-25-22(27)16-31-24(29)20-9-5-6-10-21(20)26-23(28)18-7-3-2-4-8-18/h2-14H,15-16H2,1H3,(H,25,27)(H,26,28). The van der Waals surface area contributed by atoms with Crippen LogP contribution in [0.2, 0.25) is 0 Å². The molecule has 7 nitrogen and oxygen atoms in total. The van der Waals surface area contributed by atoms with Crippen molar-refractivity contribution in [2.45, 2.75) is 6.54 Å². The molecule has 0 bridgehead atoms. The Hall–Kier alpha value is -4.13. The Morgan fingerprint density at radius 3 is 2.23 bits per heavy atom. The first-order chi connectivity index (χ1) is 15.1. The fourth-order valence-corrected chi connectivity index (χ4v) is 2.76. The monoisotopic (exact) mass is 418 g/mol. The van der Waals surface area contributed by atoms with Crippen LogP contribution in [-0.4, -0.2) is 31.5 Å². The zero-order valence-corrected chi connectivity index (χ0v) is 17.0. The van der Waals surface area contributed by atoms with Crippen LogP contribution in [0.15, 0.2) is 78.9 Å². The molecular formula is C24H22N2O5. The van der Waals surface area contributed by atoms with E-state index in [2.05, 4.69) is 10.6 Å². The summed E-state index contributed by atoms with van der Waals surface area (Å²) in [6, 6.07) is 22.4. The number of hydrogen-bond donors (Lipinski definition) is 2. The van der Waals surface area contributed by atoms with Gasteiger partial charge in [0, 0.05) is 12.1 Å². The lowest BCUT2D eigenvalue weighted by Crippen LogP contribution is -2.28. The number of benzene rings is 3. The van der Waals surface area contributed by atoms with Gasteiger partial charge in [0.05, 0.1) is 18.4 Å². The van der Waals surface area contributed by atoms with E-state index in [0.29, 0.717) is 17.8 Å². The number of rotatable bonds is 8. The molecule has 0 fully saturated rings. The Labute approximate surface area is 180 Å². The molecule has 3 aromatic rings. The maximum atomic E-state index is 12.5. The summed E-state index contributed by atoms with van der Waals surface area (Å²) >= 11 is 0. The zero-order chi connectivity index (χ0) is 22.1. The average molecular weight is 418 g/mol. The summed E-state index contributed by atoms with van der Waals surface area (Å²) < 4.78 is 10.2. The van der Waals surface area contributed by atoms with Gasteiger partial charge in [0.15, 0.2) is 6.61 Å². The number of carbonyl (C=O) groups is 3. The van der Waals surface area contributed by atoms with Crippen molar-refractivity contribution in [3.8, 4) is 5.75 Å². The molecule has 3 aromatic carbocycles. The number of hydrogen-bond acceptors (Lipinski definition) is 5. The fourth-order valence-electron chi connectivity index (χ4n) is 2.76. The van der Waals surface area contributed by atoms with Crippen molar-refractivity contribution in [1.29, 1.82) is 0 Å². The maximum absolute atomic E-state index is 12.5. The highest BCUT2D eigenvalue weighted by atomic mass is 16.5. The van der Waals surface area contributed by atoms with Gasteiger partial charge in [-0.05, 0) is 42.0 Å². The molecule has 0 unspecified atom stereocenters. The lowest BCUT2D eigenvalue weighted by atomic mass is 10.1. The zero-order valence-electron chi connectivity index (χ0n) is 17.0. The van der Waals surface area contributed by atoms with Crippen LogP contribution < -0.4 is 15.4 Å². The summed E-state index contributed by atoms with van der Waals surface area (Å²) in [5.41, 5.74) is 1.81. The Morgan fingerprint density at radius 2 is 1.52 bits per heavy atom. The minimum atomic E-state index is -0.705. The number of carbonyl (C=O) groups excluding carboxylic acids is 3. The topological polar surface area (TPSA) is 93.7 Å². The van der Waals surface area contributed by atoms with E-state index >= 15 is 0 Å². The van der Waals surface area contributed by atoms with Gasteiger partial charge in [-0.3, -0.25) is 9.59 Å². The summed E-state index contributed by atoms with van der Waals surface area (Å²) in [6.07, 6.45) is 0. The highest BCUT2D eigenvalue weighted by molar-refractivity contribution is 6.08.